The lowest BCUT2D eigenvalue weighted by Gasteiger charge is -2.03. The summed E-state index contributed by atoms with van der Waals surface area (Å²) in [4.78, 5) is 15.6. The van der Waals surface area contributed by atoms with Crippen molar-refractivity contribution in [3.8, 4) is 11.5 Å². The second-order valence-electron chi connectivity index (χ2n) is 6.11. The van der Waals surface area contributed by atoms with E-state index in [4.69, 9.17) is 9.47 Å². The van der Waals surface area contributed by atoms with E-state index in [0.717, 1.165) is 39.2 Å². The van der Waals surface area contributed by atoms with Gasteiger partial charge in [-0.25, -0.2) is 5.43 Å². The summed E-state index contributed by atoms with van der Waals surface area (Å²) in [5, 5.41) is 5.02. The number of methoxy groups -OCH3 is 1. The maximum absolute atomic E-state index is 12.3. The number of ether oxygens (including phenoxy) is 2. The number of nitrogens with zero attached hydrogens (tertiary/aromatic N) is 1. The summed E-state index contributed by atoms with van der Waals surface area (Å²) in [6.07, 6.45) is 1.85. The third-order valence-electron chi connectivity index (χ3n) is 4.26. The first-order valence-corrected chi connectivity index (χ1v) is 8.80. The highest BCUT2D eigenvalue weighted by molar-refractivity contribution is 5.91. The molecule has 2 N–H and O–H groups in total. The molecule has 0 aliphatic rings. The summed E-state index contributed by atoms with van der Waals surface area (Å²) in [7, 11) is 1.63. The summed E-state index contributed by atoms with van der Waals surface area (Å²) < 4.78 is 10.7. The number of aromatic amines is 1. The van der Waals surface area contributed by atoms with Crippen LogP contribution in [-0.2, 0) is 11.2 Å². The summed E-state index contributed by atoms with van der Waals surface area (Å²) in [5.41, 5.74) is 6.35. The largest absolute Gasteiger partial charge is 0.497 e. The zero-order chi connectivity index (χ0) is 19.2. The maximum atomic E-state index is 12.3. The van der Waals surface area contributed by atoms with Gasteiger partial charge in [-0.1, -0.05) is 0 Å². The number of aromatic nitrogens is 1. The second-order valence-corrected chi connectivity index (χ2v) is 6.11. The quantitative estimate of drug-likeness (QED) is 0.496. The predicted molar refractivity (Wildman–Crippen MR) is 107 cm³/mol. The first-order valence-electron chi connectivity index (χ1n) is 8.80. The van der Waals surface area contributed by atoms with Crippen molar-refractivity contribution in [3.63, 3.8) is 0 Å². The van der Waals surface area contributed by atoms with Gasteiger partial charge in [-0.15, -0.1) is 0 Å². The van der Waals surface area contributed by atoms with Crippen LogP contribution in [0.3, 0.4) is 0 Å². The number of rotatable bonds is 7. The summed E-state index contributed by atoms with van der Waals surface area (Å²) in [6, 6.07) is 13.3. The Morgan fingerprint density at radius 1 is 1.19 bits per heavy atom. The number of amides is 1. The van der Waals surface area contributed by atoms with Crippen LogP contribution < -0.4 is 14.9 Å². The smallest absolute Gasteiger partial charge is 0.244 e. The van der Waals surface area contributed by atoms with E-state index in [1.54, 1.807) is 13.3 Å². The Labute approximate surface area is 158 Å². The molecule has 1 heterocycles. The maximum Gasteiger partial charge on any atom is 0.244 e. The molecule has 0 aliphatic heterocycles. The lowest BCUT2D eigenvalue weighted by atomic mass is 10.1. The molecule has 0 spiro atoms. The van der Waals surface area contributed by atoms with Gasteiger partial charge in [0.15, 0.2) is 0 Å². The third kappa shape index (κ3) is 4.47. The highest BCUT2D eigenvalue weighted by Gasteiger charge is 2.13. The van der Waals surface area contributed by atoms with Gasteiger partial charge >= 0.3 is 0 Å². The van der Waals surface area contributed by atoms with Crippen LogP contribution in [0, 0.1) is 6.92 Å². The van der Waals surface area contributed by atoms with E-state index < -0.39 is 0 Å². The van der Waals surface area contributed by atoms with Gasteiger partial charge in [-0.2, -0.15) is 5.10 Å². The van der Waals surface area contributed by atoms with Crippen molar-refractivity contribution in [2.75, 3.05) is 13.7 Å². The molecule has 140 valence electrons. The number of fused-ring (bicyclic) bond motifs is 1. The van der Waals surface area contributed by atoms with Gasteiger partial charge < -0.3 is 14.5 Å². The number of nitrogens with one attached hydrogen (secondary N) is 2. The van der Waals surface area contributed by atoms with Gasteiger partial charge in [0.2, 0.25) is 5.91 Å². The van der Waals surface area contributed by atoms with Crippen LogP contribution in [0.15, 0.2) is 47.6 Å². The molecule has 0 saturated carbocycles. The first-order chi connectivity index (χ1) is 13.1. The van der Waals surface area contributed by atoms with Gasteiger partial charge in [-0.05, 0) is 67.4 Å². The van der Waals surface area contributed by atoms with E-state index >= 15 is 0 Å². The van der Waals surface area contributed by atoms with Crippen molar-refractivity contribution in [3.05, 3.63) is 59.3 Å². The van der Waals surface area contributed by atoms with Crippen LogP contribution in [0.25, 0.3) is 10.9 Å². The predicted octanol–water partition coefficient (Wildman–Crippen LogP) is 3.58. The fourth-order valence-electron chi connectivity index (χ4n) is 2.91. The van der Waals surface area contributed by atoms with Crippen LogP contribution in [0.2, 0.25) is 0 Å². The summed E-state index contributed by atoms with van der Waals surface area (Å²) in [5.74, 6) is 1.39. The molecule has 6 heteroatoms. The molecule has 0 radical (unpaired) electrons. The Balaban J connectivity index is 1.65. The molecular formula is C21H23N3O3. The molecule has 2 aromatic carbocycles. The van der Waals surface area contributed by atoms with Gasteiger partial charge in [0, 0.05) is 16.6 Å². The molecule has 0 atom stereocenters. The number of benzene rings is 2. The SMILES string of the molecule is CCOc1ccc(/C=N/NC(=O)Cc2c(C)[nH]c3ccc(OC)cc23)cc1. The molecular weight excluding hydrogens is 342 g/mol. The number of carbonyl (C=O) groups is 1. The van der Waals surface area contributed by atoms with E-state index in [9.17, 15) is 4.79 Å². The molecule has 3 aromatic rings. The van der Waals surface area contributed by atoms with E-state index in [2.05, 4.69) is 15.5 Å². The Bertz CT molecular complexity index is 959. The highest BCUT2D eigenvalue weighted by atomic mass is 16.5. The number of aryl methyl sites for hydroxylation is 1. The molecule has 3 rings (SSSR count). The summed E-state index contributed by atoms with van der Waals surface area (Å²) in [6.45, 7) is 4.53. The average molecular weight is 365 g/mol. The highest BCUT2D eigenvalue weighted by Crippen LogP contribution is 2.26. The Kier molecular flexibility index (Phi) is 5.76. The van der Waals surface area contributed by atoms with Crippen LogP contribution in [0.4, 0.5) is 0 Å². The zero-order valence-electron chi connectivity index (χ0n) is 15.7. The normalized spacial score (nSPS) is 11.1. The first kappa shape index (κ1) is 18.5. The number of hydrazone groups is 1. The Hall–Kier alpha value is -3.28. The lowest BCUT2D eigenvalue weighted by molar-refractivity contribution is -0.120. The van der Waals surface area contributed by atoms with Gasteiger partial charge in [0.1, 0.15) is 11.5 Å². The number of carbonyl (C=O) groups excluding carboxylic acids is 1. The van der Waals surface area contributed by atoms with Crippen molar-refractivity contribution in [2.24, 2.45) is 5.10 Å². The molecule has 0 unspecified atom stereocenters. The standard InChI is InChI=1S/C21H23N3O3/c1-4-27-16-7-5-15(6-8-16)13-22-24-21(25)12-18-14(2)23-20-10-9-17(26-3)11-19(18)20/h5-11,13,23H,4,12H2,1-3H3,(H,24,25)/b22-13+. The van der Waals surface area contributed by atoms with Crippen molar-refractivity contribution >= 4 is 23.0 Å². The van der Waals surface area contributed by atoms with Crippen molar-refractivity contribution in [2.45, 2.75) is 20.3 Å². The van der Waals surface area contributed by atoms with Crippen LogP contribution in [0.5, 0.6) is 11.5 Å². The zero-order valence-corrected chi connectivity index (χ0v) is 15.7. The molecule has 0 saturated heterocycles. The fraction of sp³-hybridized carbons (Fsp3) is 0.238. The third-order valence-corrected chi connectivity index (χ3v) is 4.26. The minimum Gasteiger partial charge on any atom is -0.497 e. The minimum atomic E-state index is -0.177. The van der Waals surface area contributed by atoms with E-state index in [1.807, 2.05) is 56.3 Å². The monoisotopic (exact) mass is 365 g/mol. The average Bonchev–Trinajstić information content (AvgIpc) is 2.98. The van der Waals surface area contributed by atoms with Crippen molar-refractivity contribution < 1.29 is 14.3 Å². The minimum absolute atomic E-state index is 0.177. The molecule has 27 heavy (non-hydrogen) atoms. The van der Waals surface area contributed by atoms with Crippen molar-refractivity contribution in [1.82, 2.24) is 10.4 Å². The van der Waals surface area contributed by atoms with Gasteiger partial charge in [0.25, 0.3) is 0 Å². The second kappa shape index (κ2) is 8.40. The molecule has 1 amide bonds. The molecule has 6 nitrogen and oxygen atoms in total. The van der Waals surface area contributed by atoms with Crippen LogP contribution in [0.1, 0.15) is 23.7 Å². The fourth-order valence-corrected chi connectivity index (χ4v) is 2.91. The molecule has 0 bridgehead atoms. The van der Waals surface area contributed by atoms with Crippen LogP contribution in [-0.4, -0.2) is 30.8 Å². The van der Waals surface area contributed by atoms with E-state index in [0.29, 0.717) is 6.61 Å². The van der Waals surface area contributed by atoms with E-state index in [-0.39, 0.29) is 12.3 Å². The lowest BCUT2D eigenvalue weighted by Crippen LogP contribution is -2.20. The molecule has 1 aromatic heterocycles. The molecule has 0 aliphatic carbocycles. The number of hydrogen-bond donors (Lipinski definition) is 2. The number of H-pyrrole nitrogens is 1. The molecule has 0 fully saturated rings. The van der Waals surface area contributed by atoms with Crippen molar-refractivity contribution in [1.29, 1.82) is 0 Å². The van der Waals surface area contributed by atoms with E-state index in [1.165, 1.54) is 0 Å². The summed E-state index contributed by atoms with van der Waals surface area (Å²) >= 11 is 0. The van der Waals surface area contributed by atoms with Gasteiger partial charge in [-0.3, -0.25) is 4.79 Å². The Morgan fingerprint density at radius 3 is 2.63 bits per heavy atom. The van der Waals surface area contributed by atoms with Crippen LogP contribution >= 0.6 is 0 Å². The topological polar surface area (TPSA) is 75.7 Å². The number of hydrogen-bond acceptors (Lipinski definition) is 4. The van der Waals surface area contributed by atoms with Gasteiger partial charge in [0.05, 0.1) is 26.4 Å². The Morgan fingerprint density at radius 2 is 1.93 bits per heavy atom.